The number of benzene rings is 1. The van der Waals surface area contributed by atoms with E-state index in [1.165, 1.54) is 12.0 Å². The standard InChI is InChI=1S/C19H22N2O6/c1-10-16(22)21-15(11-5-6-13-14(7-11)27-9-26-13)12(17(23)25-4)8-19(21,2)18(24)20(10)3/h5-7,10,12,15H,8-9H2,1-4H3/t10-,12+,15-,19+/m1/s1. The molecule has 0 N–H and O–H groups in total. The highest BCUT2D eigenvalue weighted by Gasteiger charge is 2.62. The molecule has 3 heterocycles. The van der Waals surface area contributed by atoms with Crippen LogP contribution < -0.4 is 9.47 Å². The number of piperazine rings is 1. The average molecular weight is 374 g/mol. The molecule has 0 aromatic heterocycles. The second-order valence-electron chi connectivity index (χ2n) is 7.47. The zero-order chi connectivity index (χ0) is 19.5. The van der Waals surface area contributed by atoms with Gasteiger partial charge in [-0.25, -0.2) is 0 Å². The van der Waals surface area contributed by atoms with E-state index in [0.29, 0.717) is 11.5 Å². The molecule has 8 heteroatoms. The molecule has 0 unspecified atom stereocenters. The number of carbonyl (C=O) groups excluding carboxylic acids is 3. The van der Waals surface area contributed by atoms with Crippen molar-refractivity contribution in [3.8, 4) is 11.5 Å². The topological polar surface area (TPSA) is 85.4 Å². The van der Waals surface area contributed by atoms with Gasteiger partial charge in [-0.2, -0.15) is 0 Å². The molecule has 0 radical (unpaired) electrons. The molecular weight excluding hydrogens is 352 g/mol. The minimum atomic E-state index is -1.10. The maximum atomic E-state index is 13.2. The molecule has 4 rings (SSSR count). The summed E-state index contributed by atoms with van der Waals surface area (Å²) in [6.07, 6.45) is 0.209. The summed E-state index contributed by atoms with van der Waals surface area (Å²) in [6, 6.07) is 4.13. The zero-order valence-corrected chi connectivity index (χ0v) is 15.7. The van der Waals surface area contributed by atoms with Crippen molar-refractivity contribution < 1.29 is 28.6 Å². The summed E-state index contributed by atoms with van der Waals surface area (Å²) in [6.45, 7) is 3.55. The molecule has 0 spiro atoms. The van der Waals surface area contributed by atoms with Crippen LogP contribution in [0.4, 0.5) is 0 Å². The van der Waals surface area contributed by atoms with E-state index < -0.39 is 29.5 Å². The number of rotatable bonds is 2. The van der Waals surface area contributed by atoms with Crippen molar-refractivity contribution in [3.63, 3.8) is 0 Å². The molecule has 27 heavy (non-hydrogen) atoms. The van der Waals surface area contributed by atoms with Gasteiger partial charge in [0.2, 0.25) is 18.6 Å². The molecule has 144 valence electrons. The molecule has 2 saturated heterocycles. The van der Waals surface area contributed by atoms with E-state index in [-0.39, 0.29) is 25.0 Å². The number of hydrogen-bond donors (Lipinski definition) is 0. The largest absolute Gasteiger partial charge is 0.469 e. The highest BCUT2D eigenvalue weighted by molar-refractivity contribution is 6.01. The minimum absolute atomic E-state index is 0.130. The first-order chi connectivity index (χ1) is 12.8. The van der Waals surface area contributed by atoms with E-state index in [4.69, 9.17) is 14.2 Å². The van der Waals surface area contributed by atoms with Crippen LogP contribution in [-0.2, 0) is 19.1 Å². The lowest BCUT2D eigenvalue weighted by Crippen LogP contribution is -2.66. The Bertz CT molecular complexity index is 839. The first kappa shape index (κ1) is 17.6. The van der Waals surface area contributed by atoms with Crippen LogP contribution in [0.15, 0.2) is 18.2 Å². The number of likely N-dealkylation sites (N-methyl/N-ethyl adjacent to an activating group) is 1. The number of esters is 1. The lowest BCUT2D eigenvalue weighted by atomic mass is 9.88. The van der Waals surface area contributed by atoms with E-state index in [1.54, 1.807) is 44.0 Å². The van der Waals surface area contributed by atoms with Gasteiger partial charge in [-0.05, 0) is 38.0 Å². The van der Waals surface area contributed by atoms with Crippen molar-refractivity contribution >= 4 is 17.8 Å². The highest BCUT2D eigenvalue weighted by atomic mass is 16.7. The summed E-state index contributed by atoms with van der Waals surface area (Å²) >= 11 is 0. The minimum Gasteiger partial charge on any atom is -0.469 e. The summed E-state index contributed by atoms with van der Waals surface area (Å²) in [4.78, 5) is 41.8. The lowest BCUT2D eigenvalue weighted by molar-refractivity contribution is -0.166. The van der Waals surface area contributed by atoms with Crippen LogP contribution in [0.1, 0.15) is 31.9 Å². The Kier molecular flexibility index (Phi) is 3.83. The summed E-state index contributed by atoms with van der Waals surface area (Å²) < 4.78 is 15.8. The third-order valence-corrected chi connectivity index (χ3v) is 6.01. The maximum Gasteiger partial charge on any atom is 0.311 e. The number of amides is 2. The molecule has 4 atom stereocenters. The van der Waals surface area contributed by atoms with Crippen molar-refractivity contribution in [1.29, 1.82) is 0 Å². The Hall–Kier alpha value is -2.77. The fraction of sp³-hybridized carbons (Fsp3) is 0.526. The van der Waals surface area contributed by atoms with Crippen molar-refractivity contribution in [2.45, 2.75) is 37.9 Å². The van der Waals surface area contributed by atoms with E-state index in [1.807, 2.05) is 0 Å². The van der Waals surface area contributed by atoms with E-state index in [9.17, 15) is 14.4 Å². The second-order valence-corrected chi connectivity index (χ2v) is 7.47. The number of ether oxygens (including phenoxy) is 3. The molecular formula is C19H22N2O6. The maximum absolute atomic E-state index is 13.2. The fourth-order valence-electron chi connectivity index (χ4n) is 4.46. The SMILES string of the molecule is COC(=O)[C@H]1C[C@@]2(C)C(=O)N(C)[C@H](C)C(=O)N2[C@@H]1c1ccc2c(c1)OCO2. The third kappa shape index (κ3) is 2.32. The van der Waals surface area contributed by atoms with Crippen molar-refractivity contribution in [3.05, 3.63) is 23.8 Å². The van der Waals surface area contributed by atoms with Crippen LogP contribution in [0.25, 0.3) is 0 Å². The number of fused-ring (bicyclic) bond motifs is 2. The number of carbonyl (C=O) groups is 3. The lowest BCUT2D eigenvalue weighted by Gasteiger charge is -2.47. The summed E-state index contributed by atoms with van der Waals surface area (Å²) in [7, 11) is 2.94. The normalized spacial score (nSPS) is 31.9. The van der Waals surface area contributed by atoms with E-state index in [2.05, 4.69) is 0 Å². The Balaban J connectivity index is 1.85. The molecule has 2 fully saturated rings. The molecule has 1 aromatic carbocycles. The van der Waals surface area contributed by atoms with Gasteiger partial charge >= 0.3 is 5.97 Å². The molecule has 8 nitrogen and oxygen atoms in total. The summed E-state index contributed by atoms with van der Waals surface area (Å²) in [5, 5.41) is 0. The summed E-state index contributed by atoms with van der Waals surface area (Å²) in [5.41, 5.74) is -0.380. The molecule has 0 saturated carbocycles. The van der Waals surface area contributed by atoms with Gasteiger partial charge in [0, 0.05) is 7.05 Å². The van der Waals surface area contributed by atoms with E-state index in [0.717, 1.165) is 5.56 Å². The first-order valence-electron chi connectivity index (χ1n) is 8.87. The molecule has 2 amide bonds. The molecule has 1 aromatic rings. The molecule has 3 aliphatic heterocycles. The number of nitrogens with zero attached hydrogens (tertiary/aromatic N) is 2. The monoisotopic (exact) mass is 374 g/mol. The molecule has 3 aliphatic rings. The smallest absolute Gasteiger partial charge is 0.311 e. The van der Waals surface area contributed by atoms with E-state index >= 15 is 0 Å². The number of hydrogen-bond acceptors (Lipinski definition) is 6. The van der Waals surface area contributed by atoms with Gasteiger partial charge in [0.15, 0.2) is 11.5 Å². The van der Waals surface area contributed by atoms with Gasteiger partial charge in [-0.15, -0.1) is 0 Å². The Morgan fingerprint density at radius 1 is 1.26 bits per heavy atom. The Morgan fingerprint density at radius 2 is 1.96 bits per heavy atom. The van der Waals surface area contributed by atoms with Gasteiger partial charge in [0.25, 0.3) is 0 Å². The van der Waals surface area contributed by atoms with Crippen LogP contribution in [0.2, 0.25) is 0 Å². The van der Waals surface area contributed by atoms with Crippen LogP contribution in [0.3, 0.4) is 0 Å². The molecule has 0 aliphatic carbocycles. The van der Waals surface area contributed by atoms with Crippen molar-refractivity contribution in [2.24, 2.45) is 5.92 Å². The van der Waals surface area contributed by atoms with Gasteiger partial charge < -0.3 is 24.0 Å². The Labute approximate surface area is 157 Å². The second kappa shape index (κ2) is 5.87. The average Bonchev–Trinajstić information content (AvgIpc) is 3.26. The predicted molar refractivity (Wildman–Crippen MR) is 92.9 cm³/mol. The van der Waals surface area contributed by atoms with Gasteiger partial charge in [0.05, 0.1) is 19.1 Å². The van der Waals surface area contributed by atoms with Crippen LogP contribution in [0.5, 0.6) is 11.5 Å². The van der Waals surface area contributed by atoms with Gasteiger partial charge in [-0.1, -0.05) is 6.07 Å². The van der Waals surface area contributed by atoms with Crippen LogP contribution >= 0.6 is 0 Å². The quantitative estimate of drug-likeness (QED) is 0.721. The number of methoxy groups -OCH3 is 1. The van der Waals surface area contributed by atoms with Crippen molar-refractivity contribution in [1.82, 2.24) is 9.80 Å². The predicted octanol–water partition coefficient (Wildman–Crippen LogP) is 1.10. The van der Waals surface area contributed by atoms with Crippen LogP contribution in [-0.4, -0.2) is 60.1 Å². The zero-order valence-electron chi connectivity index (χ0n) is 15.7. The van der Waals surface area contributed by atoms with Gasteiger partial charge in [-0.3, -0.25) is 14.4 Å². The highest BCUT2D eigenvalue weighted by Crippen LogP contribution is 2.51. The fourth-order valence-corrected chi connectivity index (χ4v) is 4.46. The Morgan fingerprint density at radius 3 is 2.67 bits per heavy atom. The third-order valence-electron chi connectivity index (χ3n) is 6.01. The first-order valence-corrected chi connectivity index (χ1v) is 8.87. The van der Waals surface area contributed by atoms with Crippen molar-refractivity contribution in [2.75, 3.05) is 21.0 Å². The van der Waals surface area contributed by atoms with Crippen LogP contribution in [0, 0.1) is 5.92 Å². The summed E-state index contributed by atoms with van der Waals surface area (Å²) in [5.74, 6) is -0.273. The van der Waals surface area contributed by atoms with Gasteiger partial charge in [0.1, 0.15) is 11.6 Å². The molecule has 0 bridgehead atoms.